The minimum absolute atomic E-state index is 0.0892. The van der Waals surface area contributed by atoms with E-state index in [9.17, 15) is 9.59 Å². The van der Waals surface area contributed by atoms with Crippen LogP contribution in [0.3, 0.4) is 0 Å². The number of carboxylic acids is 1. The second kappa shape index (κ2) is 5.33. The molecule has 0 unspecified atom stereocenters. The summed E-state index contributed by atoms with van der Waals surface area (Å²) in [4.78, 5) is 24.5. The Labute approximate surface area is 120 Å². The van der Waals surface area contributed by atoms with Crippen LogP contribution in [-0.4, -0.2) is 23.5 Å². The largest absolute Gasteiger partial charge is 0.481 e. The molecule has 0 bridgehead atoms. The Kier molecular flexibility index (Phi) is 3.94. The number of anilines is 1. The number of nitrogens with zero attached hydrogens (tertiary/aromatic N) is 1. The van der Waals surface area contributed by atoms with Crippen molar-refractivity contribution < 1.29 is 14.7 Å². The molecule has 1 aliphatic heterocycles. The van der Waals surface area contributed by atoms with Gasteiger partial charge in [0.15, 0.2) is 0 Å². The summed E-state index contributed by atoms with van der Waals surface area (Å²) >= 11 is 3.54. The molecule has 0 saturated carbocycles. The Morgan fingerprint density at radius 1 is 1.53 bits per heavy atom. The molecule has 1 heterocycles. The van der Waals surface area contributed by atoms with Crippen LogP contribution < -0.4 is 4.90 Å². The van der Waals surface area contributed by atoms with Gasteiger partial charge in [-0.15, -0.1) is 0 Å². The second-order valence-corrected chi connectivity index (χ2v) is 5.63. The molecule has 0 aliphatic carbocycles. The molecule has 1 amide bonds. The van der Waals surface area contributed by atoms with Gasteiger partial charge in [0.25, 0.3) is 0 Å². The van der Waals surface area contributed by atoms with Gasteiger partial charge in [0, 0.05) is 23.1 Å². The van der Waals surface area contributed by atoms with Gasteiger partial charge in [-0.25, -0.2) is 0 Å². The lowest BCUT2D eigenvalue weighted by molar-refractivity contribution is -0.141. The van der Waals surface area contributed by atoms with Gasteiger partial charge in [-0.3, -0.25) is 9.59 Å². The zero-order valence-corrected chi connectivity index (χ0v) is 12.5. The van der Waals surface area contributed by atoms with Crippen molar-refractivity contribution in [2.75, 3.05) is 11.4 Å². The molecule has 1 aliphatic rings. The number of aryl methyl sites for hydroxylation is 2. The normalized spacial score (nSPS) is 19.0. The van der Waals surface area contributed by atoms with Crippen molar-refractivity contribution in [1.29, 1.82) is 0 Å². The van der Waals surface area contributed by atoms with Gasteiger partial charge in [0.05, 0.1) is 5.92 Å². The number of amides is 1. The third kappa shape index (κ3) is 2.66. The first kappa shape index (κ1) is 14.1. The van der Waals surface area contributed by atoms with E-state index in [-0.39, 0.29) is 18.9 Å². The highest BCUT2D eigenvalue weighted by Crippen LogP contribution is 2.31. The van der Waals surface area contributed by atoms with Gasteiger partial charge in [-0.2, -0.15) is 0 Å². The van der Waals surface area contributed by atoms with E-state index in [4.69, 9.17) is 5.11 Å². The van der Waals surface area contributed by atoms with Crippen LogP contribution in [-0.2, 0) is 16.0 Å². The standard InChI is InChI=1S/C14H16BrNO3/c1-3-9-5-11(4-8(2)13(9)15)16-7-10(14(18)19)6-12(16)17/h4-5,10H,3,6-7H2,1-2H3,(H,18,19)/t10-/m1/s1. The topological polar surface area (TPSA) is 57.6 Å². The monoisotopic (exact) mass is 325 g/mol. The van der Waals surface area contributed by atoms with Crippen LogP contribution in [0.15, 0.2) is 16.6 Å². The third-order valence-electron chi connectivity index (χ3n) is 3.48. The van der Waals surface area contributed by atoms with Crippen molar-refractivity contribution >= 4 is 33.5 Å². The van der Waals surface area contributed by atoms with Crippen molar-refractivity contribution in [3.05, 3.63) is 27.7 Å². The van der Waals surface area contributed by atoms with Gasteiger partial charge in [-0.05, 0) is 36.6 Å². The van der Waals surface area contributed by atoms with Gasteiger partial charge < -0.3 is 10.0 Å². The molecule has 2 rings (SSSR count). The van der Waals surface area contributed by atoms with Gasteiger partial charge >= 0.3 is 5.97 Å². The maximum Gasteiger partial charge on any atom is 0.308 e. The molecule has 1 fully saturated rings. The van der Waals surface area contributed by atoms with Crippen molar-refractivity contribution in [3.8, 4) is 0 Å². The summed E-state index contributed by atoms with van der Waals surface area (Å²) in [5.41, 5.74) is 2.98. The van der Waals surface area contributed by atoms with E-state index in [1.165, 1.54) is 0 Å². The van der Waals surface area contributed by atoms with Crippen LogP contribution in [0, 0.1) is 12.8 Å². The average Bonchev–Trinajstić information content (AvgIpc) is 2.75. The number of carboxylic acid groups (broad SMARTS) is 1. The Morgan fingerprint density at radius 2 is 2.21 bits per heavy atom. The number of rotatable bonds is 3. The number of benzene rings is 1. The number of hydrogen-bond acceptors (Lipinski definition) is 2. The molecule has 1 N–H and O–H groups in total. The quantitative estimate of drug-likeness (QED) is 0.929. The fourth-order valence-corrected chi connectivity index (χ4v) is 2.87. The minimum atomic E-state index is -0.902. The Hall–Kier alpha value is -1.36. The zero-order valence-electron chi connectivity index (χ0n) is 10.9. The van der Waals surface area contributed by atoms with Crippen molar-refractivity contribution in [2.24, 2.45) is 5.92 Å². The van der Waals surface area contributed by atoms with Crippen LogP contribution in [0.5, 0.6) is 0 Å². The van der Waals surface area contributed by atoms with Crippen LogP contribution in [0.2, 0.25) is 0 Å². The molecule has 1 aromatic rings. The number of aliphatic carboxylic acids is 1. The molecule has 0 spiro atoms. The van der Waals surface area contributed by atoms with Crippen molar-refractivity contribution in [3.63, 3.8) is 0 Å². The summed E-state index contributed by atoms with van der Waals surface area (Å²) in [6.45, 7) is 4.29. The van der Waals surface area contributed by atoms with Crippen LogP contribution in [0.4, 0.5) is 5.69 Å². The highest BCUT2D eigenvalue weighted by molar-refractivity contribution is 9.10. The SMILES string of the molecule is CCc1cc(N2C[C@H](C(=O)O)CC2=O)cc(C)c1Br. The van der Waals surface area contributed by atoms with E-state index < -0.39 is 11.9 Å². The maximum atomic E-state index is 11.9. The predicted octanol–water partition coefficient (Wildman–Crippen LogP) is 2.76. The third-order valence-corrected chi connectivity index (χ3v) is 4.62. The second-order valence-electron chi connectivity index (χ2n) is 4.83. The maximum absolute atomic E-state index is 11.9. The lowest BCUT2D eigenvalue weighted by Gasteiger charge is -2.19. The van der Waals surface area contributed by atoms with Gasteiger partial charge in [0.2, 0.25) is 5.91 Å². The fourth-order valence-electron chi connectivity index (χ4n) is 2.36. The molecule has 19 heavy (non-hydrogen) atoms. The van der Waals surface area contributed by atoms with Crippen molar-refractivity contribution in [1.82, 2.24) is 0 Å². The molecule has 5 heteroatoms. The van der Waals surface area contributed by atoms with E-state index in [2.05, 4.69) is 22.9 Å². The summed E-state index contributed by atoms with van der Waals surface area (Å²) in [5.74, 6) is -1.61. The number of carbonyl (C=O) groups is 2. The molecule has 102 valence electrons. The summed E-state index contributed by atoms with van der Waals surface area (Å²) < 4.78 is 1.06. The first-order valence-corrected chi connectivity index (χ1v) is 7.05. The van der Waals surface area contributed by atoms with Gasteiger partial charge in [-0.1, -0.05) is 22.9 Å². The molecule has 4 nitrogen and oxygen atoms in total. The fraction of sp³-hybridized carbons (Fsp3) is 0.429. The smallest absolute Gasteiger partial charge is 0.308 e. The lowest BCUT2D eigenvalue weighted by atomic mass is 10.1. The first-order chi connectivity index (χ1) is 8.93. The zero-order chi connectivity index (χ0) is 14.2. The van der Waals surface area contributed by atoms with E-state index in [1.54, 1.807) is 4.90 Å². The summed E-state index contributed by atoms with van der Waals surface area (Å²) in [7, 11) is 0. The van der Waals surface area contributed by atoms with E-state index in [0.717, 1.165) is 27.7 Å². The molecule has 1 saturated heterocycles. The van der Waals surface area contributed by atoms with Crippen LogP contribution in [0.25, 0.3) is 0 Å². The molecular weight excluding hydrogens is 310 g/mol. The highest BCUT2D eigenvalue weighted by atomic mass is 79.9. The van der Waals surface area contributed by atoms with Crippen molar-refractivity contribution in [2.45, 2.75) is 26.7 Å². The number of hydrogen-bond donors (Lipinski definition) is 1. The molecule has 0 radical (unpaired) electrons. The summed E-state index contributed by atoms with van der Waals surface area (Å²) in [6, 6.07) is 3.88. The average molecular weight is 326 g/mol. The highest BCUT2D eigenvalue weighted by Gasteiger charge is 2.35. The molecule has 1 atom stereocenters. The van der Waals surface area contributed by atoms with E-state index in [1.807, 2.05) is 19.1 Å². The molecule has 0 aromatic heterocycles. The molecular formula is C14H16BrNO3. The summed E-state index contributed by atoms with van der Waals surface area (Å²) in [6.07, 6.45) is 0.950. The Balaban J connectivity index is 2.35. The Bertz CT molecular complexity index is 542. The van der Waals surface area contributed by atoms with Crippen LogP contribution in [0.1, 0.15) is 24.5 Å². The summed E-state index contributed by atoms with van der Waals surface area (Å²) in [5, 5.41) is 9.01. The first-order valence-electron chi connectivity index (χ1n) is 6.26. The Morgan fingerprint density at radius 3 is 2.74 bits per heavy atom. The number of halogens is 1. The predicted molar refractivity (Wildman–Crippen MR) is 76.4 cm³/mol. The van der Waals surface area contributed by atoms with E-state index in [0.29, 0.717) is 0 Å². The van der Waals surface area contributed by atoms with E-state index >= 15 is 0 Å². The van der Waals surface area contributed by atoms with Crippen LogP contribution >= 0.6 is 15.9 Å². The lowest BCUT2D eigenvalue weighted by Crippen LogP contribution is -2.26. The minimum Gasteiger partial charge on any atom is -0.481 e. The van der Waals surface area contributed by atoms with Gasteiger partial charge in [0.1, 0.15) is 0 Å². The number of carbonyl (C=O) groups excluding carboxylic acids is 1. The molecule has 1 aromatic carbocycles.